The number of carbonyl (C=O) groups is 8. The molecule has 2 aliphatic heterocycles. The molecule has 4 unspecified atom stereocenters. The summed E-state index contributed by atoms with van der Waals surface area (Å²) in [5.41, 5.74) is 0. The van der Waals surface area contributed by atoms with Crippen LogP contribution in [-0.2, 0) is 47.8 Å². The SMILES string of the molecule is CC(C(=O)O)C(=O)OCN1C(=O)CN(C(C)C(C)N2CC(=O)N(COC(=O)C(C)C(=O)O)C(=O)C2)CC1=O. The van der Waals surface area contributed by atoms with Gasteiger partial charge in [0.25, 0.3) is 0 Å². The molecule has 0 radical (unpaired) electrons. The maximum absolute atomic E-state index is 12.5. The summed E-state index contributed by atoms with van der Waals surface area (Å²) in [6, 6.07) is -0.970. The van der Waals surface area contributed by atoms with Crippen LogP contribution in [0.4, 0.5) is 0 Å². The zero-order chi connectivity index (χ0) is 28.9. The van der Waals surface area contributed by atoms with Crippen molar-refractivity contribution in [3.8, 4) is 0 Å². The van der Waals surface area contributed by atoms with E-state index in [1.807, 2.05) is 0 Å². The number of carboxylic acid groups (broad SMARTS) is 2. The van der Waals surface area contributed by atoms with Gasteiger partial charge in [-0.15, -0.1) is 0 Å². The zero-order valence-corrected chi connectivity index (χ0v) is 21.3. The number of rotatable bonds is 11. The summed E-state index contributed by atoms with van der Waals surface area (Å²) in [7, 11) is 0. The molecule has 0 aromatic carbocycles. The molecule has 2 heterocycles. The van der Waals surface area contributed by atoms with E-state index in [1.54, 1.807) is 13.8 Å². The van der Waals surface area contributed by atoms with Gasteiger partial charge in [-0.25, -0.2) is 9.80 Å². The van der Waals surface area contributed by atoms with Gasteiger partial charge >= 0.3 is 23.9 Å². The van der Waals surface area contributed by atoms with Crippen LogP contribution in [0.3, 0.4) is 0 Å². The van der Waals surface area contributed by atoms with Crippen LogP contribution < -0.4 is 0 Å². The molecule has 0 bridgehead atoms. The van der Waals surface area contributed by atoms with Gasteiger partial charge in [-0.3, -0.25) is 48.2 Å². The molecule has 4 atom stereocenters. The van der Waals surface area contributed by atoms with Crippen LogP contribution in [0.15, 0.2) is 0 Å². The highest BCUT2D eigenvalue weighted by atomic mass is 16.6. The highest BCUT2D eigenvalue weighted by Crippen LogP contribution is 2.18. The minimum atomic E-state index is -1.46. The zero-order valence-electron chi connectivity index (χ0n) is 21.3. The van der Waals surface area contributed by atoms with Crippen LogP contribution in [0.2, 0.25) is 0 Å². The molecule has 16 heteroatoms. The molecule has 38 heavy (non-hydrogen) atoms. The van der Waals surface area contributed by atoms with Crippen molar-refractivity contribution >= 4 is 47.5 Å². The molecule has 2 N–H and O–H groups in total. The van der Waals surface area contributed by atoms with E-state index in [0.717, 1.165) is 13.8 Å². The molecule has 2 saturated heterocycles. The van der Waals surface area contributed by atoms with Crippen molar-refractivity contribution in [1.82, 2.24) is 19.6 Å². The minimum Gasteiger partial charge on any atom is -0.481 e. The molecule has 210 valence electrons. The number of piperazine rings is 2. The fourth-order valence-corrected chi connectivity index (χ4v) is 3.61. The van der Waals surface area contributed by atoms with E-state index in [2.05, 4.69) is 0 Å². The highest BCUT2D eigenvalue weighted by molar-refractivity contribution is 6.01. The average molecular weight is 542 g/mol. The third-order valence-corrected chi connectivity index (χ3v) is 6.53. The van der Waals surface area contributed by atoms with Crippen molar-refractivity contribution < 1.29 is 58.0 Å². The molecule has 0 spiro atoms. The monoisotopic (exact) mass is 542 g/mol. The van der Waals surface area contributed by atoms with Gasteiger partial charge in [0.1, 0.15) is 0 Å². The second-order valence-corrected chi connectivity index (χ2v) is 9.03. The predicted octanol–water partition coefficient (Wildman–Crippen LogP) is -2.45. The van der Waals surface area contributed by atoms with Gasteiger partial charge in [0, 0.05) is 12.1 Å². The van der Waals surface area contributed by atoms with Crippen molar-refractivity contribution in [3.05, 3.63) is 0 Å². The normalized spacial score (nSPS) is 20.5. The van der Waals surface area contributed by atoms with Crippen LogP contribution in [0.1, 0.15) is 27.7 Å². The van der Waals surface area contributed by atoms with E-state index in [9.17, 15) is 38.4 Å². The first-order chi connectivity index (χ1) is 17.6. The Bertz CT molecular complexity index is 914. The fourth-order valence-electron chi connectivity index (χ4n) is 3.61. The number of ether oxygens (including phenoxy) is 2. The first-order valence-corrected chi connectivity index (χ1v) is 11.6. The fraction of sp³-hybridized carbons (Fsp3) is 0.636. The molecular formula is C22H30N4O12. The maximum atomic E-state index is 12.5. The summed E-state index contributed by atoms with van der Waals surface area (Å²) in [5, 5.41) is 17.7. The molecule has 4 amide bonds. The molecule has 2 aliphatic rings. The smallest absolute Gasteiger partial charge is 0.321 e. The largest absolute Gasteiger partial charge is 0.481 e. The Morgan fingerprint density at radius 2 is 0.895 bits per heavy atom. The highest BCUT2D eigenvalue weighted by Gasteiger charge is 2.40. The molecule has 2 rings (SSSR count). The van der Waals surface area contributed by atoms with E-state index in [1.165, 1.54) is 9.80 Å². The Morgan fingerprint density at radius 1 is 0.632 bits per heavy atom. The molecule has 0 aromatic rings. The first kappa shape index (κ1) is 30.3. The van der Waals surface area contributed by atoms with Gasteiger partial charge in [-0.1, -0.05) is 0 Å². The van der Waals surface area contributed by atoms with Gasteiger partial charge in [-0.05, 0) is 27.7 Å². The van der Waals surface area contributed by atoms with Gasteiger partial charge in [-0.2, -0.15) is 0 Å². The lowest BCUT2D eigenvalue weighted by molar-refractivity contribution is -0.173. The summed E-state index contributed by atoms with van der Waals surface area (Å²) in [6.45, 7) is 3.25. The third kappa shape index (κ3) is 7.10. The average Bonchev–Trinajstić information content (AvgIpc) is 2.84. The van der Waals surface area contributed by atoms with Gasteiger partial charge in [0.15, 0.2) is 25.3 Å². The second kappa shape index (κ2) is 12.6. The van der Waals surface area contributed by atoms with E-state index in [-0.39, 0.29) is 26.2 Å². The number of amides is 4. The van der Waals surface area contributed by atoms with Crippen molar-refractivity contribution in [3.63, 3.8) is 0 Å². The number of carbonyl (C=O) groups excluding carboxylic acids is 6. The molecule has 16 nitrogen and oxygen atoms in total. The summed E-state index contributed by atoms with van der Waals surface area (Å²) in [6.07, 6.45) is 0. The Hall–Kier alpha value is -3.92. The summed E-state index contributed by atoms with van der Waals surface area (Å²) < 4.78 is 9.55. The van der Waals surface area contributed by atoms with Gasteiger partial charge in [0.05, 0.1) is 26.2 Å². The van der Waals surface area contributed by atoms with Crippen LogP contribution in [0.25, 0.3) is 0 Å². The van der Waals surface area contributed by atoms with Gasteiger partial charge < -0.3 is 19.7 Å². The Kier molecular flexibility index (Phi) is 10.0. The topological polar surface area (TPSA) is 208 Å². The lowest BCUT2D eigenvalue weighted by Gasteiger charge is -2.43. The number of hydrogen-bond donors (Lipinski definition) is 2. The third-order valence-electron chi connectivity index (χ3n) is 6.53. The van der Waals surface area contributed by atoms with E-state index >= 15 is 0 Å². The number of esters is 2. The summed E-state index contributed by atoms with van der Waals surface area (Å²) in [5.74, 6) is -10.6. The van der Waals surface area contributed by atoms with Crippen LogP contribution in [0, 0.1) is 11.8 Å². The molecule has 0 aromatic heterocycles. The first-order valence-electron chi connectivity index (χ1n) is 11.6. The number of imide groups is 2. The van der Waals surface area contributed by atoms with E-state index < -0.39 is 84.9 Å². The number of aliphatic carboxylic acids is 2. The van der Waals surface area contributed by atoms with Crippen LogP contribution in [-0.4, -0.2) is 129 Å². The summed E-state index contributed by atoms with van der Waals surface area (Å²) in [4.78, 5) is 99.8. The van der Waals surface area contributed by atoms with Crippen molar-refractivity contribution in [2.45, 2.75) is 39.8 Å². The Labute approximate surface area is 217 Å². The lowest BCUT2D eigenvalue weighted by atomic mass is 10.1. The van der Waals surface area contributed by atoms with E-state index in [4.69, 9.17) is 19.7 Å². The van der Waals surface area contributed by atoms with Crippen LogP contribution >= 0.6 is 0 Å². The van der Waals surface area contributed by atoms with Gasteiger partial charge in [0.2, 0.25) is 23.6 Å². The van der Waals surface area contributed by atoms with Crippen LogP contribution in [0.5, 0.6) is 0 Å². The van der Waals surface area contributed by atoms with Crippen molar-refractivity contribution in [1.29, 1.82) is 0 Å². The number of nitrogens with zero attached hydrogens (tertiary/aromatic N) is 4. The number of carboxylic acids is 2. The maximum Gasteiger partial charge on any atom is 0.321 e. The lowest BCUT2D eigenvalue weighted by Crippen LogP contribution is -2.63. The summed E-state index contributed by atoms with van der Waals surface area (Å²) >= 11 is 0. The predicted molar refractivity (Wildman–Crippen MR) is 121 cm³/mol. The standard InChI is InChI=1S/C22H30N4O12/c1-11(19(31)32)21(35)37-9-25-15(27)5-23(6-16(25)28)13(3)14(4)24-7-17(29)26(18(30)8-24)10-38-22(36)12(2)20(33)34/h11-14H,5-10H2,1-4H3,(H,31,32)(H,33,34). The van der Waals surface area contributed by atoms with E-state index in [0.29, 0.717) is 9.80 Å². The Balaban J connectivity index is 1.93. The number of hydrogen-bond acceptors (Lipinski definition) is 12. The molecular weight excluding hydrogens is 512 g/mol. The minimum absolute atomic E-state index is 0.233. The second-order valence-electron chi connectivity index (χ2n) is 9.03. The quantitative estimate of drug-likeness (QED) is 0.158. The molecule has 0 aliphatic carbocycles. The van der Waals surface area contributed by atoms with Crippen molar-refractivity contribution in [2.75, 3.05) is 39.6 Å². The molecule has 2 fully saturated rings. The molecule has 0 saturated carbocycles. The Morgan fingerprint density at radius 3 is 1.13 bits per heavy atom. The van der Waals surface area contributed by atoms with Crippen molar-refractivity contribution in [2.24, 2.45) is 11.8 Å².